The molecule has 0 spiro atoms. The van der Waals surface area contributed by atoms with Crippen LogP contribution in [0.2, 0.25) is 0 Å². The maximum Gasteiger partial charge on any atom is 0.246 e. The molecule has 7 nitrogen and oxygen atoms in total. The van der Waals surface area contributed by atoms with Crippen LogP contribution in [0.1, 0.15) is 36.8 Å². The average molecular weight is 509 g/mol. The summed E-state index contributed by atoms with van der Waals surface area (Å²) in [6.07, 6.45) is 3.97. The fraction of sp³-hybridized carbons (Fsp3) is 0.393. The molecule has 2 aromatic carbocycles. The van der Waals surface area contributed by atoms with Crippen molar-refractivity contribution in [1.82, 2.24) is 9.80 Å². The molecule has 9 heteroatoms. The first-order valence-corrected chi connectivity index (χ1v) is 12.5. The summed E-state index contributed by atoms with van der Waals surface area (Å²) < 4.78 is 35.0. The van der Waals surface area contributed by atoms with Crippen molar-refractivity contribution in [3.63, 3.8) is 0 Å². The molecule has 1 saturated heterocycles. The van der Waals surface area contributed by atoms with Crippen molar-refractivity contribution in [1.29, 1.82) is 0 Å². The Kier molecular flexibility index (Phi) is 6.70. The Bertz CT molecular complexity index is 1290. The Morgan fingerprint density at radius 2 is 1.97 bits per heavy atom. The first-order valence-electron chi connectivity index (χ1n) is 12.5. The number of amidine groups is 1. The van der Waals surface area contributed by atoms with Crippen LogP contribution in [-0.4, -0.2) is 73.8 Å². The molecule has 2 aromatic rings. The Labute approximate surface area is 215 Å². The van der Waals surface area contributed by atoms with Crippen molar-refractivity contribution in [3.8, 4) is 16.9 Å². The molecule has 5 rings (SSSR count). The monoisotopic (exact) mass is 508 g/mol. The van der Waals surface area contributed by atoms with E-state index in [1.807, 2.05) is 13.0 Å². The largest absolute Gasteiger partial charge is 0.489 e. The average Bonchev–Trinajstić information content (AvgIpc) is 3.74. The normalized spacial score (nSPS) is 19.8. The minimum Gasteiger partial charge on any atom is -0.489 e. The smallest absolute Gasteiger partial charge is 0.246 e. The van der Waals surface area contributed by atoms with Gasteiger partial charge >= 0.3 is 0 Å². The molecule has 194 valence electrons. The summed E-state index contributed by atoms with van der Waals surface area (Å²) in [5.74, 6) is -0.141. The van der Waals surface area contributed by atoms with Gasteiger partial charge in [0.05, 0.1) is 12.2 Å². The van der Waals surface area contributed by atoms with E-state index in [0.717, 1.165) is 36.4 Å². The lowest BCUT2D eigenvalue weighted by molar-refractivity contribution is -0.128. The van der Waals surface area contributed by atoms with Gasteiger partial charge in [-0.25, -0.2) is 8.78 Å². The van der Waals surface area contributed by atoms with E-state index in [1.165, 1.54) is 18.2 Å². The summed E-state index contributed by atoms with van der Waals surface area (Å²) >= 11 is 0. The van der Waals surface area contributed by atoms with E-state index in [4.69, 9.17) is 4.74 Å². The molecule has 0 aromatic heterocycles. The molecular weight excluding hydrogens is 478 g/mol. The molecule has 2 fully saturated rings. The standard InChI is InChI=1S/C28H30F2N4O3/c1-4-24(36)32-9-10-34(17(2)15-32)28(31-3)22-14-21(18-5-6-18)25(20-8-7-19(29)13-23(20)30)27-26(22)33(16-35)11-12-37-27/h4,7-8,13-14,16-18H,1,5-6,9-12,15H2,2-3H3. The van der Waals surface area contributed by atoms with Crippen LogP contribution in [0, 0.1) is 11.6 Å². The second kappa shape index (κ2) is 9.95. The number of carbonyl (C=O) groups is 2. The van der Waals surface area contributed by atoms with Gasteiger partial charge in [0.2, 0.25) is 12.3 Å². The van der Waals surface area contributed by atoms with E-state index in [1.54, 1.807) is 16.8 Å². The zero-order valence-corrected chi connectivity index (χ0v) is 21.0. The fourth-order valence-corrected chi connectivity index (χ4v) is 5.42. The number of aliphatic imine (C=N–C) groups is 1. The van der Waals surface area contributed by atoms with Gasteiger partial charge in [-0.15, -0.1) is 0 Å². The van der Waals surface area contributed by atoms with Gasteiger partial charge in [-0.05, 0) is 55.5 Å². The highest BCUT2D eigenvalue weighted by Gasteiger charge is 2.37. The molecule has 0 radical (unpaired) electrons. The van der Waals surface area contributed by atoms with Gasteiger partial charge in [-0.1, -0.05) is 6.58 Å². The number of amides is 2. The number of hydrogen-bond acceptors (Lipinski definition) is 4. The van der Waals surface area contributed by atoms with Crippen molar-refractivity contribution in [2.24, 2.45) is 4.99 Å². The molecule has 2 amide bonds. The molecule has 1 atom stereocenters. The van der Waals surface area contributed by atoms with Crippen LogP contribution < -0.4 is 9.64 Å². The van der Waals surface area contributed by atoms with Crippen LogP contribution in [0.25, 0.3) is 11.1 Å². The molecule has 0 N–H and O–H groups in total. The molecule has 1 unspecified atom stereocenters. The lowest BCUT2D eigenvalue weighted by Gasteiger charge is -2.42. The number of nitrogens with zero attached hydrogens (tertiary/aromatic N) is 4. The summed E-state index contributed by atoms with van der Waals surface area (Å²) in [5.41, 5.74) is 2.98. The number of ether oxygens (including phenoxy) is 1. The van der Waals surface area contributed by atoms with Gasteiger partial charge in [0.15, 0.2) is 5.75 Å². The zero-order valence-electron chi connectivity index (χ0n) is 21.0. The molecule has 2 heterocycles. The van der Waals surface area contributed by atoms with Crippen molar-refractivity contribution in [3.05, 3.63) is 59.7 Å². The fourth-order valence-electron chi connectivity index (χ4n) is 5.42. The molecule has 37 heavy (non-hydrogen) atoms. The van der Waals surface area contributed by atoms with E-state index in [9.17, 15) is 14.0 Å². The van der Waals surface area contributed by atoms with Gasteiger partial charge in [0.25, 0.3) is 0 Å². The first kappa shape index (κ1) is 24.9. The Morgan fingerprint density at radius 3 is 2.59 bits per heavy atom. The van der Waals surface area contributed by atoms with Crippen LogP contribution >= 0.6 is 0 Å². The zero-order chi connectivity index (χ0) is 26.3. The van der Waals surface area contributed by atoms with Crippen LogP contribution in [0.3, 0.4) is 0 Å². The number of benzene rings is 2. The Hall–Kier alpha value is -3.75. The van der Waals surface area contributed by atoms with E-state index >= 15 is 4.39 Å². The highest BCUT2D eigenvalue weighted by molar-refractivity contribution is 6.09. The predicted octanol–water partition coefficient (Wildman–Crippen LogP) is 3.96. The van der Waals surface area contributed by atoms with Crippen molar-refractivity contribution in [2.75, 3.05) is 44.7 Å². The third-order valence-corrected chi connectivity index (χ3v) is 7.34. The minimum absolute atomic E-state index is 0.0419. The van der Waals surface area contributed by atoms with Crippen LogP contribution in [0.4, 0.5) is 14.5 Å². The Morgan fingerprint density at radius 1 is 1.19 bits per heavy atom. The van der Waals surface area contributed by atoms with Gasteiger partial charge in [0, 0.05) is 55.5 Å². The lowest BCUT2D eigenvalue weighted by Crippen LogP contribution is -2.55. The van der Waals surface area contributed by atoms with Crippen LogP contribution in [0.15, 0.2) is 41.9 Å². The summed E-state index contributed by atoms with van der Waals surface area (Å²) in [6.45, 7) is 7.79. The third-order valence-electron chi connectivity index (χ3n) is 7.34. The number of piperazine rings is 1. The first-order chi connectivity index (χ1) is 17.9. The van der Waals surface area contributed by atoms with Gasteiger partial charge in [-0.3, -0.25) is 14.6 Å². The molecule has 1 saturated carbocycles. The summed E-state index contributed by atoms with van der Waals surface area (Å²) in [5, 5.41) is 0. The van der Waals surface area contributed by atoms with E-state index < -0.39 is 11.6 Å². The van der Waals surface area contributed by atoms with E-state index in [-0.39, 0.29) is 30.0 Å². The second-order valence-corrected chi connectivity index (χ2v) is 9.69. The number of fused-ring (bicyclic) bond motifs is 1. The maximum absolute atomic E-state index is 15.1. The molecular formula is C28H30F2N4O3. The van der Waals surface area contributed by atoms with Crippen molar-refractivity contribution < 1.29 is 23.1 Å². The predicted molar refractivity (Wildman–Crippen MR) is 138 cm³/mol. The third kappa shape index (κ3) is 4.47. The summed E-state index contributed by atoms with van der Waals surface area (Å²) in [7, 11) is 1.70. The molecule has 0 bridgehead atoms. The van der Waals surface area contributed by atoms with E-state index in [2.05, 4.69) is 16.5 Å². The summed E-state index contributed by atoms with van der Waals surface area (Å²) in [6, 6.07) is 5.50. The van der Waals surface area contributed by atoms with E-state index in [0.29, 0.717) is 49.0 Å². The van der Waals surface area contributed by atoms with Crippen molar-refractivity contribution in [2.45, 2.75) is 31.7 Å². The lowest BCUT2D eigenvalue weighted by atomic mass is 9.90. The maximum atomic E-state index is 15.1. The summed E-state index contributed by atoms with van der Waals surface area (Å²) in [4.78, 5) is 34.5. The van der Waals surface area contributed by atoms with Gasteiger partial charge in [-0.2, -0.15) is 0 Å². The molecule has 3 aliphatic rings. The number of hydrogen-bond donors (Lipinski definition) is 0. The molecule has 1 aliphatic carbocycles. The number of anilines is 1. The molecule has 2 aliphatic heterocycles. The van der Waals surface area contributed by atoms with Crippen molar-refractivity contribution >= 4 is 23.8 Å². The number of halogens is 2. The Balaban J connectivity index is 1.68. The van der Waals surface area contributed by atoms with Gasteiger partial charge in [0.1, 0.15) is 24.1 Å². The topological polar surface area (TPSA) is 65.5 Å². The highest BCUT2D eigenvalue weighted by atomic mass is 19.1. The SMILES string of the molecule is C=CC(=O)N1CCN(C(=NC)c2cc(C3CC3)c(-c3ccc(F)cc3F)c3c2N(C=O)CCO3)C(C)C1. The van der Waals surface area contributed by atoms with Crippen LogP contribution in [-0.2, 0) is 9.59 Å². The number of carbonyl (C=O) groups excluding carboxylic acids is 2. The highest BCUT2D eigenvalue weighted by Crippen LogP contribution is 2.53. The van der Waals surface area contributed by atoms with Gasteiger partial charge < -0.3 is 19.4 Å². The number of rotatable bonds is 5. The quantitative estimate of drug-likeness (QED) is 0.266. The second-order valence-electron chi connectivity index (χ2n) is 9.69. The minimum atomic E-state index is -0.676. The van der Waals surface area contributed by atoms with Crippen LogP contribution in [0.5, 0.6) is 5.75 Å².